The molecule has 74 valence electrons. The summed E-state index contributed by atoms with van der Waals surface area (Å²) in [5.74, 6) is 1.45. The minimum Gasteiger partial charge on any atom is -0.458 e. The molecule has 1 aliphatic carbocycles. The minimum atomic E-state index is 0.0715. The standard InChI is InChI=1S/C12H14O2/c1-2-10-7-8-11(14-10)12(13)9-5-3-4-6-9/h5,7-8H,2-4,6H2,1H3. The van der Waals surface area contributed by atoms with Gasteiger partial charge in [0.1, 0.15) is 5.76 Å². The first-order valence-corrected chi connectivity index (χ1v) is 5.13. The molecule has 0 aromatic carbocycles. The Morgan fingerprint density at radius 2 is 2.36 bits per heavy atom. The van der Waals surface area contributed by atoms with Gasteiger partial charge < -0.3 is 4.42 Å². The lowest BCUT2D eigenvalue weighted by Crippen LogP contribution is -1.99. The number of furan rings is 1. The molecule has 0 saturated heterocycles. The third kappa shape index (κ3) is 1.65. The Bertz CT molecular complexity index is 371. The number of aryl methyl sites for hydroxylation is 1. The van der Waals surface area contributed by atoms with Crippen LogP contribution in [0.15, 0.2) is 28.2 Å². The number of carbonyl (C=O) groups excluding carboxylic acids is 1. The summed E-state index contributed by atoms with van der Waals surface area (Å²) < 4.78 is 5.42. The van der Waals surface area contributed by atoms with E-state index in [2.05, 4.69) is 0 Å². The zero-order chi connectivity index (χ0) is 9.97. The minimum absolute atomic E-state index is 0.0715. The largest absolute Gasteiger partial charge is 0.458 e. The van der Waals surface area contributed by atoms with Crippen LogP contribution in [0, 0.1) is 0 Å². The third-order valence-electron chi connectivity index (χ3n) is 2.57. The molecule has 0 spiro atoms. The van der Waals surface area contributed by atoms with E-state index in [4.69, 9.17) is 4.42 Å². The van der Waals surface area contributed by atoms with Crippen molar-refractivity contribution in [2.75, 3.05) is 0 Å². The van der Waals surface area contributed by atoms with Crippen LogP contribution in [0.5, 0.6) is 0 Å². The molecule has 0 radical (unpaired) electrons. The third-order valence-corrected chi connectivity index (χ3v) is 2.57. The number of carbonyl (C=O) groups is 1. The van der Waals surface area contributed by atoms with Gasteiger partial charge >= 0.3 is 0 Å². The van der Waals surface area contributed by atoms with E-state index in [1.54, 1.807) is 6.07 Å². The van der Waals surface area contributed by atoms with E-state index in [-0.39, 0.29) is 5.78 Å². The molecule has 0 N–H and O–H groups in total. The molecule has 1 aliphatic rings. The fourth-order valence-corrected chi connectivity index (χ4v) is 1.73. The van der Waals surface area contributed by atoms with Gasteiger partial charge in [-0.25, -0.2) is 0 Å². The van der Waals surface area contributed by atoms with E-state index in [9.17, 15) is 4.79 Å². The van der Waals surface area contributed by atoms with Gasteiger partial charge in [-0.05, 0) is 37.0 Å². The molecule has 0 unspecified atom stereocenters. The summed E-state index contributed by atoms with van der Waals surface area (Å²) in [6.07, 6.45) is 5.90. The number of hydrogen-bond donors (Lipinski definition) is 0. The highest BCUT2D eigenvalue weighted by molar-refractivity contribution is 6.07. The first-order chi connectivity index (χ1) is 6.81. The average Bonchev–Trinajstić information content (AvgIpc) is 2.88. The van der Waals surface area contributed by atoms with Crippen molar-refractivity contribution in [3.05, 3.63) is 35.3 Å². The predicted molar refractivity (Wildman–Crippen MR) is 54.4 cm³/mol. The van der Waals surface area contributed by atoms with Crippen LogP contribution in [-0.4, -0.2) is 5.78 Å². The fraction of sp³-hybridized carbons (Fsp3) is 0.417. The van der Waals surface area contributed by atoms with Crippen LogP contribution in [0.2, 0.25) is 0 Å². The van der Waals surface area contributed by atoms with E-state index in [1.807, 2.05) is 19.1 Å². The molecule has 2 nitrogen and oxygen atoms in total. The fourth-order valence-electron chi connectivity index (χ4n) is 1.73. The molecule has 0 aliphatic heterocycles. The highest BCUT2D eigenvalue weighted by Gasteiger charge is 2.18. The van der Waals surface area contributed by atoms with E-state index in [0.29, 0.717) is 5.76 Å². The van der Waals surface area contributed by atoms with Gasteiger partial charge in [-0.3, -0.25) is 4.79 Å². The van der Waals surface area contributed by atoms with Crippen molar-refractivity contribution < 1.29 is 9.21 Å². The Morgan fingerprint density at radius 3 is 2.93 bits per heavy atom. The van der Waals surface area contributed by atoms with Crippen LogP contribution in [0.25, 0.3) is 0 Å². The lowest BCUT2D eigenvalue weighted by atomic mass is 10.1. The topological polar surface area (TPSA) is 30.2 Å². The first kappa shape index (κ1) is 9.25. The molecule has 0 bridgehead atoms. The molecular formula is C12H14O2. The van der Waals surface area contributed by atoms with Gasteiger partial charge in [-0.15, -0.1) is 0 Å². The normalized spacial score (nSPS) is 15.6. The van der Waals surface area contributed by atoms with Crippen LogP contribution >= 0.6 is 0 Å². The maximum Gasteiger partial charge on any atom is 0.223 e. The second-order valence-electron chi connectivity index (χ2n) is 3.57. The molecule has 1 aromatic rings. The van der Waals surface area contributed by atoms with Crippen molar-refractivity contribution >= 4 is 5.78 Å². The average molecular weight is 190 g/mol. The van der Waals surface area contributed by atoms with Gasteiger partial charge in [0.25, 0.3) is 0 Å². The molecule has 14 heavy (non-hydrogen) atoms. The molecule has 1 aromatic heterocycles. The summed E-state index contributed by atoms with van der Waals surface area (Å²) in [7, 11) is 0. The second kappa shape index (κ2) is 3.82. The molecule has 0 amide bonds. The molecule has 2 rings (SSSR count). The number of ketones is 1. The summed E-state index contributed by atoms with van der Waals surface area (Å²) in [5.41, 5.74) is 0.919. The number of rotatable bonds is 3. The van der Waals surface area contributed by atoms with Crippen LogP contribution in [0.3, 0.4) is 0 Å². The van der Waals surface area contributed by atoms with E-state index in [0.717, 1.165) is 37.0 Å². The predicted octanol–water partition coefficient (Wildman–Crippen LogP) is 3.14. The van der Waals surface area contributed by atoms with Crippen LogP contribution in [-0.2, 0) is 6.42 Å². The molecule has 1 heterocycles. The zero-order valence-corrected chi connectivity index (χ0v) is 8.38. The lowest BCUT2D eigenvalue weighted by Gasteiger charge is -1.96. The quantitative estimate of drug-likeness (QED) is 0.685. The van der Waals surface area contributed by atoms with Crippen molar-refractivity contribution in [2.45, 2.75) is 32.6 Å². The molecule has 2 heteroatoms. The molecular weight excluding hydrogens is 176 g/mol. The zero-order valence-electron chi connectivity index (χ0n) is 8.38. The van der Waals surface area contributed by atoms with Gasteiger partial charge in [0, 0.05) is 6.42 Å². The Kier molecular flexibility index (Phi) is 2.53. The number of hydrogen-bond acceptors (Lipinski definition) is 2. The Balaban J connectivity index is 2.18. The number of Topliss-reactive ketones (excluding diaryl/α,β-unsaturated/α-hetero) is 1. The Labute approximate surface area is 83.6 Å². The SMILES string of the molecule is CCc1ccc(C(=O)C2=CCCC2)o1. The smallest absolute Gasteiger partial charge is 0.223 e. The summed E-state index contributed by atoms with van der Waals surface area (Å²) in [4.78, 5) is 11.8. The molecule has 0 saturated carbocycles. The maximum absolute atomic E-state index is 11.8. The highest BCUT2D eigenvalue weighted by Crippen LogP contribution is 2.22. The lowest BCUT2D eigenvalue weighted by molar-refractivity contribution is 0.100. The van der Waals surface area contributed by atoms with Crippen molar-refractivity contribution in [1.82, 2.24) is 0 Å². The number of allylic oxidation sites excluding steroid dienone is 2. The maximum atomic E-state index is 11.8. The second-order valence-corrected chi connectivity index (χ2v) is 3.57. The van der Waals surface area contributed by atoms with Gasteiger partial charge in [0.15, 0.2) is 5.76 Å². The molecule has 0 fully saturated rings. The van der Waals surface area contributed by atoms with E-state index < -0.39 is 0 Å². The van der Waals surface area contributed by atoms with Gasteiger partial charge in [0.2, 0.25) is 5.78 Å². The van der Waals surface area contributed by atoms with Crippen LogP contribution in [0.1, 0.15) is 42.5 Å². The Hall–Kier alpha value is -1.31. The van der Waals surface area contributed by atoms with Gasteiger partial charge in [-0.1, -0.05) is 13.0 Å². The molecule has 0 atom stereocenters. The van der Waals surface area contributed by atoms with Gasteiger partial charge in [0.05, 0.1) is 0 Å². The van der Waals surface area contributed by atoms with Crippen molar-refractivity contribution in [3.63, 3.8) is 0 Å². The monoisotopic (exact) mass is 190 g/mol. The van der Waals surface area contributed by atoms with Crippen molar-refractivity contribution in [1.29, 1.82) is 0 Å². The highest BCUT2D eigenvalue weighted by atomic mass is 16.3. The van der Waals surface area contributed by atoms with Crippen LogP contribution < -0.4 is 0 Å². The van der Waals surface area contributed by atoms with Crippen LogP contribution in [0.4, 0.5) is 0 Å². The Morgan fingerprint density at radius 1 is 1.50 bits per heavy atom. The van der Waals surface area contributed by atoms with Gasteiger partial charge in [-0.2, -0.15) is 0 Å². The first-order valence-electron chi connectivity index (χ1n) is 5.13. The summed E-state index contributed by atoms with van der Waals surface area (Å²) in [6.45, 7) is 2.02. The van der Waals surface area contributed by atoms with Crippen molar-refractivity contribution in [3.8, 4) is 0 Å². The van der Waals surface area contributed by atoms with Crippen molar-refractivity contribution in [2.24, 2.45) is 0 Å². The summed E-state index contributed by atoms with van der Waals surface area (Å²) in [5, 5.41) is 0. The van der Waals surface area contributed by atoms with E-state index >= 15 is 0 Å². The summed E-state index contributed by atoms with van der Waals surface area (Å²) >= 11 is 0. The summed E-state index contributed by atoms with van der Waals surface area (Å²) in [6, 6.07) is 3.66. The van der Waals surface area contributed by atoms with E-state index in [1.165, 1.54) is 0 Å².